The summed E-state index contributed by atoms with van der Waals surface area (Å²) >= 11 is 3.23. The van der Waals surface area contributed by atoms with Crippen LogP contribution in [0, 0.1) is 0 Å². The van der Waals surface area contributed by atoms with Crippen molar-refractivity contribution in [2.24, 2.45) is 0 Å². The van der Waals surface area contributed by atoms with E-state index in [1.807, 2.05) is 5.32 Å². The summed E-state index contributed by atoms with van der Waals surface area (Å²) in [6.07, 6.45) is -1.07. The molecule has 0 aliphatic carbocycles. The molecule has 1 aromatic rings. The smallest absolute Gasteiger partial charge is 0.338 e. The highest BCUT2D eigenvalue weighted by molar-refractivity contribution is 9.10. The van der Waals surface area contributed by atoms with Crippen molar-refractivity contribution >= 4 is 33.8 Å². The number of esters is 1. The molecule has 1 atom stereocenters. The van der Waals surface area contributed by atoms with Gasteiger partial charge in [-0.2, -0.15) is 0 Å². The fourth-order valence-electron chi connectivity index (χ4n) is 1.17. The zero-order valence-corrected chi connectivity index (χ0v) is 12.0. The number of urea groups is 1. The van der Waals surface area contributed by atoms with E-state index in [0.717, 1.165) is 4.47 Å². The van der Waals surface area contributed by atoms with Crippen molar-refractivity contribution in [2.45, 2.75) is 13.0 Å². The second-order valence-corrected chi connectivity index (χ2v) is 4.54. The van der Waals surface area contributed by atoms with E-state index >= 15 is 0 Å². The van der Waals surface area contributed by atoms with Crippen LogP contribution in [0.3, 0.4) is 0 Å². The van der Waals surface area contributed by atoms with E-state index in [1.165, 1.54) is 14.0 Å². The van der Waals surface area contributed by atoms with Crippen LogP contribution in [-0.4, -0.2) is 31.1 Å². The number of halogens is 1. The fourth-order valence-corrected chi connectivity index (χ4v) is 1.57. The van der Waals surface area contributed by atoms with Gasteiger partial charge in [-0.3, -0.25) is 10.1 Å². The van der Waals surface area contributed by atoms with E-state index in [2.05, 4.69) is 21.2 Å². The van der Waals surface area contributed by atoms with Gasteiger partial charge in [-0.25, -0.2) is 9.59 Å². The van der Waals surface area contributed by atoms with Gasteiger partial charge in [0.25, 0.3) is 5.91 Å². The van der Waals surface area contributed by atoms with Crippen LogP contribution in [0.4, 0.5) is 4.79 Å². The van der Waals surface area contributed by atoms with Crippen molar-refractivity contribution < 1.29 is 19.1 Å². The van der Waals surface area contributed by atoms with Crippen molar-refractivity contribution in [1.82, 2.24) is 10.6 Å². The first-order chi connectivity index (χ1) is 8.93. The highest BCUT2D eigenvalue weighted by Crippen LogP contribution is 2.13. The highest BCUT2D eigenvalue weighted by atomic mass is 79.9. The van der Waals surface area contributed by atoms with Gasteiger partial charge < -0.3 is 10.1 Å². The van der Waals surface area contributed by atoms with Crippen LogP contribution in [0.25, 0.3) is 0 Å². The maximum absolute atomic E-state index is 11.7. The third kappa shape index (κ3) is 4.70. The Morgan fingerprint density at radius 2 is 2.00 bits per heavy atom. The molecule has 1 aromatic carbocycles. The number of ether oxygens (including phenoxy) is 1. The highest BCUT2D eigenvalue weighted by Gasteiger charge is 2.20. The summed E-state index contributed by atoms with van der Waals surface area (Å²) in [5.74, 6) is -1.33. The van der Waals surface area contributed by atoms with Crippen molar-refractivity contribution in [2.75, 3.05) is 7.05 Å². The Balaban J connectivity index is 2.61. The summed E-state index contributed by atoms with van der Waals surface area (Å²) < 4.78 is 5.67. The van der Waals surface area contributed by atoms with Crippen molar-refractivity contribution in [3.8, 4) is 0 Å². The number of benzene rings is 1. The van der Waals surface area contributed by atoms with E-state index in [0.29, 0.717) is 5.56 Å². The van der Waals surface area contributed by atoms with Gasteiger partial charge in [0.15, 0.2) is 6.10 Å². The molecule has 7 heteroatoms. The molecule has 0 aliphatic rings. The molecule has 0 fully saturated rings. The first kappa shape index (κ1) is 15.2. The lowest BCUT2D eigenvalue weighted by Crippen LogP contribution is -2.43. The normalized spacial score (nSPS) is 11.3. The molecule has 0 spiro atoms. The molecule has 0 aromatic heterocycles. The monoisotopic (exact) mass is 328 g/mol. The third-order valence-electron chi connectivity index (χ3n) is 2.18. The van der Waals surface area contributed by atoms with Crippen LogP contribution in [0.1, 0.15) is 17.3 Å². The van der Waals surface area contributed by atoms with E-state index < -0.39 is 24.0 Å². The topological polar surface area (TPSA) is 84.5 Å². The average Bonchev–Trinajstić information content (AvgIpc) is 2.38. The van der Waals surface area contributed by atoms with Gasteiger partial charge in [-0.05, 0) is 25.1 Å². The van der Waals surface area contributed by atoms with Gasteiger partial charge >= 0.3 is 12.0 Å². The summed E-state index contributed by atoms with van der Waals surface area (Å²) in [4.78, 5) is 34.2. The van der Waals surface area contributed by atoms with Crippen molar-refractivity contribution in [3.05, 3.63) is 34.3 Å². The second kappa shape index (κ2) is 6.89. The van der Waals surface area contributed by atoms with E-state index in [-0.39, 0.29) is 0 Å². The largest absolute Gasteiger partial charge is 0.449 e. The van der Waals surface area contributed by atoms with Gasteiger partial charge in [-0.1, -0.05) is 22.0 Å². The molecule has 0 saturated carbocycles. The maximum atomic E-state index is 11.7. The summed E-state index contributed by atoms with van der Waals surface area (Å²) in [6.45, 7) is 1.38. The van der Waals surface area contributed by atoms with Crippen LogP contribution in [0.2, 0.25) is 0 Å². The first-order valence-electron chi connectivity index (χ1n) is 5.43. The molecule has 3 amide bonds. The minimum atomic E-state index is -1.07. The van der Waals surface area contributed by atoms with E-state index in [4.69, 9.17) is 4.74 Å². The Morgan fingerprint density at radius 3 is 2.58 bits per heavy atom. The number of nitrogens with one attached hydrogen (secondary N) is 2. The van der Waals surface area contributed by atoms with Crippen LogP contribution in [0.5, 0.6) is 0 Å². The predicted octanol–water partition coefficient (Wildman–Crippen LogP) is 1.45. The molecule has 0 bridgehead atoms. The number of hydrogen-bond donors (Lipinski definition) is 2. The molecule has 0 heterocycles. The van der Waals surface area contributed by atoms with Crippen LogP contribution >= 0.6 is 15.9 Å². The SMILES string of the molecule is CNC(=O)NC(=O)[C@H](C)OC(=O)c1cccc(Br)c1. The number of imide groups is 1. The molecule has 0 saturated heterocycles. The predicted molar refractivity (Wildman–Crippen MR) is 71.6 cm³/mol. The molecular formula is C12H13BrN2O4. The zero-order chi connectivity index (χ0) is 14.4. The molecule has 2 N–H and O–H groups in total. The number of rotatable bonds is 3. The molecule has 6 nitrogen and oxygen atoms in total. The Morgan fingerprint density at radius 1 is 1.32 bits per heavy atom. The maximum Gasteiger partial charge on any atom is 0.338 e. The minimum Gasteiger partial charge on any atom is -0.449 e. The lowest BCUT2D eigenvalue weighted by atomic mass is 10.2. The fraction of sp³-hybridized carbons (Fsp3) is 0.250. The minimum absolute atomic E-state index is 0.314. The van der Waals surface area contributed by atoms with Crippen LogP contribution in [0.15, 0.2) is 28.7 Å². The van der Waals surface area contributed by atoms with Crippen molar-refractivity contribution in [1.29, 1.82) is 0 Å². The van der Waals surface area contributed by atoms with Gasteiger partial charge in [0, 0.05) is 11.5 Å². The average molecular weight is 329 g/mol. The van der Waals surface area contributed by atoms with Crippen molar-refractivity contribution in [3.63, 3.8) is 0 Å². The Bertz CT molecular complexity index is 504. The Kier molecular flexibility index (Phi) is 5.50. The zero-order valence-electron chi connectivity index (χ0n) is 10.4. The molecule has 1 rings (SSSR count). The molecule has 0 aliphatic heterocycles. The summed E-state index contributed by atoms with van der Waals surface area (Å²) in [5.41, 5.74) is 0.314. The van der Waals surface area contributed by atoms with Gasteiger partial charge in [0.1, 0.15) is 0 Å². The Labute approximate surface area is 118 Å². The summed E-state index contributed by atoms with van der Waals surface area (Å²) in [6, 6.07) is 5.92. The van der Waals surface area contributed by atoms with E-state index in [1.54, 1.807) is 24.3 Å². The molecule has 0 radical (unpaired) electrons. The van der Waals surface area contributed by atoms with Gasteiger partial charge in [0.05, 0.1) is 5.56 Å². The lowest BCUT2D eigenvalue weighted by molar-refractivity contribution is -0.127. The third-order valence-corrected chi connectivity index (χ3v) is 2.67. The number of carbonyl (C=O) groups excluding carboxylic acids is 3. The quantitative estimate of drug-likeness (QED) is 0.822. The van der Waals surface area contributed by atoms with E-state index in [9.17, 15) is 14.4 Å². The van der Waals surface area contributed by atoms with Crippen LogP contribution < -0.4 is 10.6 Å². The number of carbonyl (C=O) groups is 3. The van der Waals surface area contributed by atoms with Gasteiger partial charge in [0.2, 0.25) is 0 Å². The lowest BCUT2D eigenvalue weighted by Gasteiger charge is -2.12. The molecular weight excluding hydrogens is 316 g/mol. The van der Waals surface area contributed by atoms with Crippen LogP contribution in [-0.2, 0) is 9.53 Å². The molecule has 19 heavy (non-hydrogen) atoms. The second-order valence-electron chi connectivity index (χ2n) is 3.63. The summed E-state index contributed by atoms with van der Waals surface area (Å²) in [7, 11) is 1.38. The summed E-state index contributed by atoms with van der Waals surface area (Å²) in [5, 5.41) is 4.25. The molecule has 102 valence electrons. The number of hydrogen-bond acceptors (Lipinski definition) is 4. The Hall–Kier alpha value is -1.89. The number of amides is 3. The standard InChI is InChI=1S/C12H13BrN2O4/c1-7(10(16)15-12(18)14-2)19-11(17)8-4-3-5-9(13)6-8/h3-7H,1-2H3,(H2,14,15,16,18)/t7-/m0/s1. The molecule has 0 unspecified atom stereocenters. The van der Waals surface area contributed by atoms with Gasteiger partial charge in [-0.15, -0.1) is 0 Å². The first-order valence-corrected chi connectivity index (χ1v) is 6.22.